The quantitative estimate of drug-likeness (QED) is 0.862. The van der Waals surface area contributed by atoms with Gasteiger partial charge in [-0.2, -0.15) is 0 Å². The van der Waals surface area contributed by atoms with E-state index in [0.29, 0.717) is 0 Å². The van der Waals surface area contributed by atoms with E-state index in [4.69, 9.17) is 0 Å². The lowest BCUT2D eigenvalue weighted by molar-refractivity contribution is 0.186. The molecule has 2 rings (SSSR count). The average molecular weight is 268 g/mol. The van der Waals surface area contributed by atoms with Crippen LogP contribution in [0.15, 0.2) is 48.5 Å². The second kappa shape index (κ2) is 6.23. The third-order valence-corrected chi connectivity index (χ3v) is 4.19. The van der Waals surface area contributed by atoms with Gasteiger partial charge in [0, 0.05) is 5.41 Å². The highest BCUT2D eigenvalue weighted by atomic mass is 16.3. The summed E-state index contributed by atoms with van der Waals surface area (Å²) >= 11 is 0. The maximum atomic E-state index is 10.0. The largest absolute Gasteiger partial charge is 0.395 e. The SMILES string of the molecule is CCC(CO)(Cc1cc(C)cc(C)c1)c1ccccc1. The molecule has 1 nitrogen and oxygen atoms in total. The van der Waals surface area contributed by atoms with Crippen molar-refractivity contribution in [2.75, 3.05) is 6.61 Å². The van der Waals surface area contributed by atoms with Crippen LogP contribution >= 0.6 is 0 Å². The van der Waals surface area contributed by atoms with Gasteiger partial charge in [-0.05, 0) is 37.8 Å². The Labute approximate surface area is 122 Å². The van der Waals surface area contributed by atoms with Crippen molar-refractivity contribution < 1.29 is 5.11 Å². The van der Waals surface area contributed by atoms with Crippen LogP contribution in [0.5, 0.6) is 0 Å². The van der Waals surface area contributed by atoms with E-state index < -0.39 is 0 Å². The minimum Gasteiger partial charge on any atom is -0.395 e. The lowest BCUT2D eigenvalue weighted by atomic mass is 9.74. The van der Waals surface area contributed by atoms with Crippen LogP contribution in [0.2, 0.25) is 0 Å². The first-order valence-corrected chi connectivity index (χ1v) is 7.33. The molecule has 0 aliphatic heterocycles. The fourth-order valence-corrected chi connectivity index (χ4v) is 3.04. The summed E-state index contributed by atoms with van der Waals surface area (Å²) in [4.78, 5) is 0. The number of hydrogen-bond donors (Lipinski definition) is 1. The number of aliphatic hydroxyl groups excluding tert-OH is 1. The maximum absolute atomic E-state index is 10.0. The predicted molar refractivity (Wildman–Crippen MR) is 85.1 cm³/mol. The standard InChI is InChI=1S/C19H24O/c1-4-19(14-20,18-8-6-5-7-9-18)13-17-11-15(2)10-16(3)12-17/h5-12,20H,4,13-14H2,1-3H3. The third-order valence-electron chi connectivity index (χ3n) is 4.19. The van der Waals surface area contributed by atoms with Gasteiger partial charge in [0.1, 0.15) is 0 Å². The summed E-state index contributed by atoms with van der Waals surface area (Å²) in [5, 5.41) is 10.0. The maximum Gasteiger partial charge on any atom is 0.0531 e. The van der Waals surface area contributed by atoms with Crippen molar-refractivity contribution in [2.45, 2.75) is 39.0 Å². The first kappa shape index (κ1) is 14.8. The number of benzene rings is 2. The number of aliphatic hydroxyl groups is 1. The van der Waals surface area contributed by atoms with Gasteiger partial charge < -0.3 is 5.11 Å². The predicted octanol–water partition coefficient (Wildman–Crippen LogP) is 4.19. The fraction of sp³-hybridized carbons (Fsp3) is 0.368. The summed E-state index contributed by atoms with van der Waals surface area (Å²) < 4.78 is 0. The second-order valence-electron chi connectivity index (χ2n) is 5.83. The molecule has 0 spiro atoms. The van der Waals surface area contributed by atoms with Gasteiger partial charge in [0.05, 0.1) is 6.61 Å². The summed E-state index contributed by atoms with van der Waals surface area (Å²) in [6.45, 7) is 6.60. The van der Waals surface area contributed by atoms with Crippen molar-refractivity contribution in [3.63, 3.8) is 0 Å². The van der Waals surface area contributed by atoms with Crippen molar-refractivity contribution in [1.29, 1.82) is 0 Å². The van der Waals surface area contributed by atoms with Crippen molar-refractivity contribution in [3.05, 3.63) is 70.8 Å². The lowest BCUT2D eigenvalue weighted by Crippen LogP contribution is -2.32. The Balaban J connectivity index is 2.39. The molecule has 0 heterocycles. The molecule has 1 heteroatoms. The zero-order chi connectivity index (χ0) is 14.6. The molecule has 1 unspecified atom stereocenters. The van der Waals surface area contributed by atoms with Crippen LogP contribution in [0.4, 0.5) is 0 Å². The summed E-state index contributed by atoms with van der Waals surface area (Å²) in [5.74, 6) is 0. The van der Waals surface area contributed by atoms with E-state index in [-0.39, 0.29) is 12.0 Å². The van der Waals surface area contributed by atoms with E-state index in [1.165, 1.54) is 22.3 Å². The number of hydrogen-bond acceptors (Lipinski definition) is 1. The normalized spacial score (nSPS) is 14.0. The molecule has 0 aliphatic rings. The first-order valence-electron chi connectivity index (χ1n) is 7.33. The average Bonchev–Trinajstić information content (AvgIpc) is 2.45. The van der Waals surface area contributed by atoms with Crippen LogP contribution in [0, 0.1) is 13.8 Å². The van der Waals surface area contributed by atoms with E-state index in [9.17, 15) is 5.11 Å². The van der Waals surface area contributed by atoms with Gasteiger partial charge in [0.15, 0.2) is 0 Å². The molecule has 2 aromatic rings. The number of aryl methyl sites for hydroxylation is 2. The fourth-order valence-electron chi connectivity index (χ4n) is 3.04. The van der Waals surface area contributed by atoms with E-state index >= 15 is 0 Å². The van der Waals surface area contributed by atoms with Gasteiger partial charge in [0.2, 0.25) is 0 Å². The molecule has 0 amide bonds. The van der Waals surface area contributed by atoms with Crippen molar-refractivity contribution in [1.82, 2.24) is 0 Å². The molecule has 2 aromatic carbocycles. The molecular formula is C19H24O. The van der Waals surface area contributed by atoms with Gasteiger partial charge >= 0.3 is 0 Å². The molecule has 106 valence electrons. The molecule has 0 aromatic heterocycles. The van der Waals surface area contributed by atoms with Gasteiger partial charge in [-0.15, -0.1) is 0 Å². The highest BCUT2D eigenvalue weighted by molar-refractivity contribution is 5.33. The Bertz CT molecular complexity index is 533. The highest BCUT2D eigenvalue weighted by Crippen LogP contribution is 2.32. The molecular weight excluding hydrogens is 244 g/mol. The summed E-state index contributed by atoms with van der Waals surface area (Å²) in [6, 6.07) is 17.0. The van der Waals surface area contributed by atoms with Crippen LogP contribution in [-0.2, 0) is 11.8 Å². The zero-order valence-corrected chi connectivity index (χ0v) is 12.7. The first-order chi connectivity index (χ1) is 9.59. The molecule has 0 saturated heterocycles. The minimum absolute atomic E-state index is 0.179. The van der Waals surface area contributed by atoms with Crippen molar-refractivity contribution in [2.24, 2.45) is 0 Å². The lowest BCUT2D eigenvalue weighted by Gasteiger charge is -2.32. The van der Waals surface area contributed by atoms with Crippen molar-refractivity contribution in [3.8, 4) is 0 Å². The Kier molecular flexibility index (Phi) is 4.61. The van der Waals surface area contributed by atoms with E-state index in [0.717, 1.165) is 12.8 Å². The zero-order valence-electron chi connectivity index (χ0n) is 12.7. The van der Waals surface area contributed by atoms with Crippen LogP contribution in [0.25, 0.3) is 0 Å². The van der Waals surface area contributed by atoms with E-state index in [1.807, 2.05) is 6.07 Å². The van der Waals surface area contributed by atoms with Crippen LogP contribution in [0.1, 0.15) is 35.6 Å². The molecule has 0 fully saturated rings. The topological polar surface area (TPSA) is 20.2 Å². The van der Waals surface area contributed by atoms with Gasteiger partial charge in [0.25, 0.3) is 0 Å². The van der Waals surface area contributed by atoms with Gasteiger partial charge in [-0.3, -0.25) is 0 Å². The molecule has 0 bridgehead atoms. The Morgan fingerprint density at radius 2 is 1.55 bits per heavy atom. The molecule has 0 radical (unpaired) electrons. The summed E-state index contributed by atoms with van der Waals surface area (Å²) in [7, 11) is 0. The minimum atomic E-state index is -0.179. The Morgan fingerprint density at radius 3 is 2.05 bits per heavy atom. The molecule has 0 saturated carbocycles. The Hall–Kier alpha value is -1.60. The monoisotopic (exact) mass is 268 g/mol. The smallest absolute Gasteiger partial charge is 0.0531 e. The van der Waals surface area contributed by atoms with E-state index in [1.54, 1.807) is 0 Å². The number of rotatable bonds is 5. The molecule has 0 aliphatic carbocycles. The van der Waals surface area contributed by atoms with Crippen LogP contribution < -0.4 is 0 Å². The summed E-state index contributed by atoms with van der Waals surface area (Å²) in [5.41, 5.74) is 4.93. The van der Waals surface area contributed by atoms with Crippen LogP contribution in [0.3, 0.4) is 0 Å². The molecule has 1 N–H and O–H groups in total. The molecule has 20 heavy (non-hydrogen) atoms. The third kappa shape index (κ3) is 3.10. The summed E-state index contributed by atoms with van der Waals surface area (Å²) in [6.07, 6.45) is 1.81. The van der Waals surface area contributed by atoms with E-state index in [2.05, 4.69) is 63.2 Å². The highest BCUT2D eigenvalue weighted by Gasteiger charge is 2.29. The second-order valence-corrected chi connectivity index (χ2v) is 5.83. The van der Waals surface area contributed by atoms with Crippen molar-refractivity contribution >= 4 is 0 Å². The van der Waals surface area contributed by atoms with Gasteiger partial charge in [-0.25, -0.2) is 0 Å². The van der Waals surface area contributed by atoms with Gasteiger partial charge in [-0.1, -0.05) is 66.6 Å². The van der Waals surface area contributed by atoms with Crippen LogP contribution in [-0.4, -0.2) is 11.7 Å². The Morgan fingerprint density at radius 1 is 0.950 bits per heavy atom. The molecule has 1 atom stereocenters.